The SMILES string of the molecule is COc1cc2sc(NC(=O)C3CC(=O)N(Cc4ccncc4)C3)nc2cc1Cl. The Kier molecular flexibility index (Phi) is 5.15. The molecule has 3 aromatic rings. The van der Waals surface area contributed by atoms with Crippen LogP contribution in [0.15, 0.2) is 36.7 Å². The fourth-order valence-electron chi connectivity index (χ4n) is 3.16. The number of nitrogens with zero attached hydrogens (tertiary/aromatic N) is 3. The number of amides is 2. The molecule has 1 aliphatic heterocycles. The monoisotopic (exact) mass is 416 g/mol. The number of carbonyl (C=O) groups excluding carboxylic acids is 2. The quantitative estimate of drug-likeness (QED) is 0.689. The molecule has 0 spiro atoms. The molecule has 4 rings (SSSR count). The molecule has 0 saturated carbocycles. The number of nitrogens with one attached hydrogen (secondary N) is 1. The van der Waals surface area contributed by atoms with Crippen molar-refractivity contribution in [3.05, 3.63) is 47.2 Å². The molecule has 1 saturated heterocycles. The molecule has 28 heavy (non-hydrogen) atoms. The van der Waals surface area contributed by atoms with Crippen LogP contribution in [0.4, 0.5) is 5.13 Å². The van der Waals surface area contributed by atoms with E-state index in [1.807, 2.05) is 12.1 Å². The van der Waals surface area contributed by atoms with Gasteiger partial charge in [-0.25, -0.2) is 4.98 Å². The summed E-state index contributed by atoms with van der Waals surface area (Å²) in [6.45, 7) is 0.863. The molecular formula is C19H17ClN4O3S. The summed E-state index contributed by atoms with van der Waals surface area (Å²) in [6.07, 6.45) is 3.57. The fraction of sp³-hybridized carbons (Fsp3) is 0.263. The third kappa shape index (κ3) is 3.79. The van der Waals surface area contributed by atoms with Crippen LogP contribution in [0.1, 0.15) is 12.0 Å². The van der Waals surface area contributed by atoms with E-state index in [0.29, 0.717) is 34.5 Å². The number of hydrogen-bond donors (Lipinski definition) is 1. The second-order valence-corrected chi connectivity index (χ2v) is 7.93. The lowest BCUT2D eigenvalue weighted by Crippen LogP contribution is -2.28. The highest BCUT2D eigenvalue weighted by atomic mass is 35.5. The van der Waals surface area contributed by atoms with Gasteiger partial charge in [-0.15, -0.1) is 0 Å². The third-order valence-electron chi connectivity index (χ3n) is 4.60. The first-order valence-corrected chi connectivity index (χ1v) is 9.84. The zero-order valence-electron chi connectivity index (χ0n) is 15.0. The second kappa shape index (κ2) is 7.73. The van der Waals surface area contributed by atoms with Crippen molar-refractivity contribution in [1.82, 2.24) is 14.9 Å². The number of aromatic nitrogens is 2. The van der Waals surface area contributed by atoms with Gasteiger partial charge < -0.3 is 15.0 Å². The van der Waals surface area contributed by atoms with Crippen molar-refractivity contribution in [2.24, 2.45) is 5.92 Å². The maximum absolute atomic E-state index is 12.6. The van der Waals surface area contributed by atoms with E-state index in [-0.39, 0.29) is 18.2 Å². The Balaban J connectivity index is 1.44. The van der Waals surface area contributed by atoms with E-state index in [2.05, 4.69) is 15.3 Å². The number of carbonyl (C=O) groups is 2. The molecule has 2 amide bonds. The summed E-state index contributed by atoms with van der Waals surface area (Å²) in [5.74, 6) is -0.0798. The largest absolute Gasteiger partial charge is 0.495 e. The van der Waals surface area contributed by atoms with Crippen molar-refractivity contribution < 1.29 is 14.3 Å². The lowest BCUT2D eigenvalue weighted by molar-refractivity contribution is -0.128. The van der Waals surface area contributed by atoms with E-state index in [0.717, 1.165) is 10.3 Å². The number of halogens is 1. The number of ether oxygens (including phenoxy) is 1. The zero-order chi connectivity index (χ0) is 19.7. The maximum atomic E-state index is 12.6. The summed E-state index contributed by atoms with van der Waals surface area (Å²) in [4.78, 5) is 35.0. The minimum absolute atomic E-state index is 0.0298. The molecule has 0 aliphatic carbocycles. The van der Waals surface area contributed by atoms with E-state index in [1.54, 1.807) is 36.5 Å². The highest BCUT2D eigenvalue weighted by molar-refractivity contribution is 7.22. The molecule has 1 aliphatic rings. The minimum atomic E-state index is -0.403. The number of hydrogen-bond acceptors (Lipinski definition) is 6. The molecule has 1 aromatic carbocycles. The van der Waals surface area contributed by atoms with E-state index < -0.39 is 5.92 Å². The molecule has 0 radical (unpaired) electrons. The number of methoxy groups -OCH3 is 1. The summed E-state index contributed by atoms with van der Waals surface area (Å²) >= 11 is 7.47. The van der Waals surface area contributed by atoms with Crippen LogP contribution >= 0.6 is 22.9 Å². The number of benzene rings is 1. The van der Waals surface area contributed by atoms with Crippen molar-refractivity contribution in [3.8, 4) is 5.75 Å². The Morgan fingerprint density at radius 3 is 2.93 bits per heavy atom. The fourth-order valence-corrected chi connectivity index (χ4v) is 4.27. The topological polar surface area (TPSA) is 84.4 Å². The van der Waals surface area contributed by atoms with Gasteiger partial charge in [0.25, 0.3) is 0 Å². The van der Waals surface area contributed by atoms with Gasteiger partial charge in [0.05, 0.1) is 28.3 Å². The van der Waals surface area contributed by atoms with E-state index in [9.17, 15) is 9.59 Å². The van der Waals surface area contributed by atoms with Gasteiger partial charge in [0.1, 0.15) is 5.75 Å². The number of anilines is 1. The number of rotatable bonds is 5. The van der Waals surface area contributed by atoms with Crippen molar-refractivity contribution in [3.63, 3.8) is 0 Å². The molecule has 3 heterocycles. The Bertz CT molecular complexity index is 1040. The van der Waals surface area contributed by atoms with Crippen molar-refractivity contribution in [2.75, 3.05) is 19.0 Å². The average Bonchev–Trinajstić information content (AvgIpc) is 3.24. The zero-order valence-corrected chi connectivity index (χ0v) is 16.6. The molecule has 144 valence electrons. The standard InChI is InChI=1S/C19H17ClN4O3S/c1-27-15-8-16-14(7-13(15)20)22-19(28-16)23-18(26)12-6-17(25)24(10-12)9-11-2-4-21-5-3-11/h2-5,7-8,12H,6,9-10H2,1H3,(H,22,23,26). The van der Waals surface area contributed by atoms with Crippen molar-refractivity contribution in [1.29, 1.82) is 0 Å². The lowest BCUT2D eigenvalue weighted by atomic mass is 10.1. The van der Waals surface area contributed by atoms with Gasteiger partial charge in [-0.2, -0.15) is 0 Å². The normalized spacial score (nSPS) is 16.6. The van der Waals surface area contributed by atoms with Gasteiger partial charge in [-0.05, 0) is 23.8 Å². The molecule has 0 bridgehead atoms. The Hall–Kier alpha value is -2.71. The summed E-state index contributed by atoms with van der Waals surface area (Å²) in [5, 5.41) is 3.77. The van der Waals surface area contributed by atoms with Crippen LogP contribution in [0.2, 0.25) is 5.02 Å². The molecule has 1 atom stereocenters. The average molecular weight is 417 g/mol. The van der Waals surface area contributed by atoms with Crippen LogP contribution in [-0.4, -0.2) is 40.3 Å². The van der Waals surface area contributed by atoms with Gasteiger partial charge in [-0.3, -0.25) is 14.6 Å². The maximum Gasteiger partial charge on any atom is 0.231 e. The Labute approximate surface area is 170 Å². The highest BCUT2D eigenvalue weighted by Gasteiger charge is 2.34. The molecule has 2 aromatic heterocycles. The van der Waals surface area contributed by atoms with Crippen LogP contribution in [0.5, 0.6) is 5.75 Å². The smallest absolute Gasteiger partial charge is 0.231 e. The predicted octanol–water partition coefficient (Wildman–Crippen LogP) is 3.34. The molecule has 1 fully saturated rings. The first-order valence-electron chi connectivity index (χ1n) is 8.65. The second-order valence-electron chi connectivity index (χ2n) is 6.49. The summed E-state index contributed by atoms with van der Waals surface area (Å²) < 4.78 is 6.07. The third-order valence-corrected chi connectivity index (χ3v) is 5.83. The first kappa shape index (κ1) is 18.6. The van der Waals surface area contributed by atoms with Gasteiger partial charge in [0.2, 0.25) is 11.8 Å². The van der Waals surface area contributed by atoms with Crippen LogP contribution in [-0.2, 0) is 16.1 Å². The van der Waals surface area contributed by atoms with E-state index >= 15 is 0 Å². The highest BCUT2D eigenvalue weighted by Crippen LogP contribution is 2.34. The minimum Gasteiger partial charge on any atom is -0.495 e. The lowest BCUT2D eigenvalue weighted by Gasteiger charge is -2.16. The van der Waals surface area contributed by atoms with Crippen LogP contribution < -0.4 is 10.1 Å². The molecule has 7 nitrogen and oxygen atoms in total. The summed E-state index contributed by atoms with van der Waals surface area (Å²) in [5.41, 5.74) is 1.68. The van der Waals surface area contributed by atoms with Crippen LogP contribution in [0.3, 0.4) is 0 Å². The molecule has 9 heteroatoms. The van der Waals surface area contributed by atoms with Gasteiger partial charge >= 0.3 is 0 Å². The van der Waals surface area contributed by atoms with Crippen LogP contribution in [0, 0.1) is 5.92 Å². The van der Waals surface area contributed by atoms with Gasteiger partial charge in [0.15, 0.2) is 5.13 Å². The number of thiazole rings is 1. The first-order chi connectivity index (χ1) is 13.5. The van der Waals surface area contributed by atoms with E-state index in [1.165, 1.54) is 11.3 Å². The van der Waals surface area contributed by atoms with Crippen molar-refractivity contribution >= 4 is 50.1 Å². The molecular weight excluding hydrogens is 400 g/mol. The molecule has 1 unspecified atom stereocenters. The molecule has 1 N–H and O–H groups in total. The summed E-state index contributed by atoms with van der Waals surface area (Å²) in [7, 11) is 1.55. The summed E-state index contributed by atoms with van der Waals surface area (Å²) in [6, 6.07) is 7.22. The number of fused-ring (bicyclic) bond motifs is 1. The Morgan fingerprint density at radius 1 is 1.39 bits per heavy atom. The van der Waals surface area contributed by atoms with E-state index in [4.69, 9.17) is 16.3 Å². The number of pyridine rings is 1. The number of likely N-dealkylation sites (tertiary alicyclic amines) is 1. The predicted molar refractivity (Wildman–Crippen MR) is 108 cm³/mol. The van der Waals surface area contributed by atoms with Gasteiger partial charge in [-0.1, -0.05) is 22.9 Å². The Morgan fingerprint density at radius 2 is 2.18 bits per heavy atom. The van der Waals surface area contributed by atoms with Gasteiger partial charge in [0, 0.05) is 38.0 Å². The van der Waals surface area contributed by atoms with Crippen LogP contribution in [0.25, 0.3) is 10.2 Å². The van der Waals surface area contributed by atoms with Crippen molar-refractivity contribution in [2.45, 2.75) is 13.0 Å².